The van der Waals surface area contributed by atoms with Gasteiger partial charge in [-0.05, 0) is 24.3 Å². The number of rotatable bonds is 23. The molecule has 15 heteroatoms. The van der Waals surface area contributed by atoms with E-state index in [2.05, 4.69) is 32.9 Å². The minimum Gasteiger partial charge on any atom is -0.478 e. The van der Waals surface area contributed by atoms with E-state index >= 15 is 0 Å². The van der Waals surface area contributed by atoms with Crippen LogP contribution in [0, 0.1) is 10.8 Å². The van der Waals surface area contributed by atoms with Crippen molar-refractivity contribution in [3.63, 3.8) is 0 Å². The van der Waals surface area contributed by atoms with E-state index in [1.54, 1.807) is 0 Å². The molecule has 15 nitrogen and oxygen atoms in total. The van der Waals surface area contributed by atoms with Crippen LogP contribution in [-0.2, 0) is 57.1 Å². The van der Waals surface area contributed by atoms with Gasteiger partial charge in [0.1, 0.15) is 39.0 Å². The summed E-state index contributed by atoms with van der Waals surface area (Å²) in [6.07, 6.45) is 6.53. The van der Waals surface area contributed by atoms with E-state index in [4.69, 9.17) is 42.7 Å². The quantitative estimate of drug-likeness (QED) is 0.0753. The van der Waals surface area contributed by atoms with Gasteiger partial charge in [-0.3, -0.25) is 9.59 Å². The molecule has 0 fully saturated rings. The molecule has 0 aromatic heterocycles. The molecule has 0 saturated carbocycles. The standard InChI is InChI=1S/C29H36O13.2C3H4O/c1-6-23(30)39-17-28(13-36-4,18-40-24(31)7-2)15-38-16-29(14-37-5,19-41-25(32)8-3)20-42-27(35)22-12-10-9-11-21(22)26(33)34;2*1-2-3-4/h6-12H,1-3,13-20H2,4-5H3,(H,33,34);2*2-3H,1H2. The van der Waals surface area contributed by atoms with Crippen molar-refractivity contribution in [3.8, 4) is 0 Å². The molecule has 1 unspecified atom stereocenters. The van der Waals surface area contributed by atoms with E-state index < -0.39 is 47.3 Å². The van der Waals surface area contributed by atoms with E-state index in [-0.39, 0.29) is 57.4 Å². The zero-order valence-corrected chi connectivity index (χ0v) is 28.2. The summed E-state index contributed by atoms with van der Waals surface area (Å²) in [5.41, 5.74) is -2.94. The number of carboxylic acids is 1. The second-order valence-electron chi connectivity index (χ2n) is 9.96. The van der Waals surface area contributed by atoms with Crippen molar-refractivity contribution >= 4 is 42.4 Å². The van der Waals surface area contributed by atoms with Gasteiger partial charge in [-0.1, -0.05) is 45.0 Å². The highest BCUT2D eigenvalue weighted by atomic mass is 16.6. The smallest absolute Gasteiger partial charge is 0.339 e. The molecule has 0 spiro atoms. The van der Waals surface area contributed by atoms with Crippen LogP contribution in [0.15, 0.2) is 87.5 Å². The van der Waals surface area contributed by atoms with Crippen LogP contribution in [0.3, 0.4) is 0 Å². The zero-order valence-electron chi connectivity index (χ0n) is 28.2. The molecule has 50 heavy (non-hydrogen) atoms. The summed E-state index contributed by atoms with van der Waals surface area (Å²) < 4.78 is 37.7. The highest BCUT2D eigenvalue weighted by molar-refractivity contribution is 6.02. The molecule has 0 radical (unpaired) electrons. The molecule has 1 rings (SSSR count). The Labute approximate surface area is 290 Å². The minimum atomic E-state index is -1.32. The average molecular weight is 705 g/mol. The van der Waals surface area contributed by atoms with Crippen molar-refractivity contribution < 1.29 is 71.8 Å². The number of carbonyl (C=O) groups is 7. The van der Waals surface area contributed by atoms with Gasteiger partial charge in [0.25, 0.3) is 0 Å². The van der Waals surface area contributed by atoms with Gasteiger partial charge in [-0.2, -0.15) is 0 Å². The second-order valence-corrected chi connectivity index (χ2v) is 9.96. The van der Waals surface area contributed by atoms with Crippen LogP contribution in [0.1, 0.15) is 20.7 Å². The summed E-state index contributed by atoms with van der Waals surface area (Å²) in [4.78, 5) is 78.0. The molecule has 0 aliphatic rings. The summed E-state index contributed by atoms with van der Waals surface area (Å²) in [5, 5.41) is 9.42. The molecule has 0 bridgehead atoms. The van der Waals surface area contributed by atoms with Crippen LogP contribution < -0.4 is 0 Å². The van der Waals surface area contributed by atoms with E-state index in [1.165, 1.54) is 50.6 Å². The molecule has 274 valence electrons. The van der Waals surface area contributed by atoms with Crippen LogP contribution in [0.4, 0.5) is 0 Å². The Hall–Kier alpha value is -5.51. The van der Waals surface area contributed by atoms with Gasteiger partial charge in [-0.25, -0.2) is 24.0 Å². The van der Waals surface area contributed by atoms with Gasteiger partial charge in [0, 0.05) is 32.4 Å². The largest absolute Gasteiger partial charge is 0.478 e. The lowest BCUT2D eigenvalue weighted by Gasteiger charge is -2.35. The Bertz CT molecular complexity index is 1270. The van der Waals surface area contributed by atoms with E-state index in [9.17, 15) is 29.1 Å². The molecule has 1 atom stereocenters. The maximum absolute atomic E-state index is 12.9. The average Bonchev–Trinajstić information content (AvgIpc) is 3.14. The third-order valence-corrected chi connectivity index (χ3v) is 5.86. The fourth-order valence-electron chi connectivity index (χ4n) is 3.59. The Balaban J connectivity index is 0. The molecule has 0 aliphatic carbocycles. The molecule has 0 saturated heterocycles. The number of hydrogen-bond donors (Lipinski definition) is 1. The van der Waals surface area contributed by atoms with Crippen LogP contribution in [0.2, 0.25) is 0 Å². The fraction of sp³-hybridized carbons (Fsp3) is 0.343. The first kappa shape index (κ1) is 46.6. The summed E-state index contributed by atoms with van der Waals surface area (Å²) in [5.74, 6) is -4.49. The van der Waals surface area contributed by atoms with Crippen molar-refractivity contribution in [2.24, 2.45) is 10.8 Å². The number of aldehydes is 2. The Morgan fingerprint density at radius 2 is 0.940 bits per heavy atom. The van der Waals surface area contributed by atoms with Gasteiger partial charge >= 0.3 is 29.8 Å². The number of ether oxygens (including phenoxy) is 7. The number of carbonyl (C=O) groups excluding carboxylic acids is 6. The topological polar surface area (TPSA) is 204 Å². The maximum Gasteiger partial charge on any atom is 0.339 e. The predicted molar refractivity (Wildman–Crippen MR) is 179 cm³/mol. The third kappa shape index (κ3) is 19.3. The number of esters is 4. The molecule has 1 aromatic carbocycles. The number of allylic oxidation sites excluding steroid dienone is 2. The molecule has 0 aliphatic heterocycles. The van der Waals surface area contributed by atoms with Gasteiger partial charge in [0.05, 0.1) is 48.4 Å². The first-order valence-electron chi connectivity index (χ1n) is 14.4. The molecular weight excluding hydrogens is 660 g/mol. The van der Waals surface area contributed by atoms with Crippen molar-refractivity contribution in [1.82, 2.24) is 0 Å². The number of benzene rings is 1. The monoisotopic (exact) mass is 704 g/mol. The van der Waals surface area contributed by atoms with Gasteiger partial charge < -0.3 is 38.3 Å². The third-order valence-electron chi connectivity index (χ3n) is 5.86. The van der Waals surface area contributed by atoms with Crippen molar-refractivity contribution in [2.75, 3.05) is 67.1 Å². The molecule has 1 aromatic rings. The highest BCUT2D eigenvalue weighted by Gasteiger charge is 2.39. The summed E-state index contributed by atoms with van der Waals surface area (Å²) in [7, 11) is 2.75. The Morgan fingerprint density at radius 3 is 1.24 bits per heavy atom. The van der Waals surface area contributed by atoms with Gasteiger partial charge in [0.2, 0.25) is 0 Å². The van der Waals surface area contributed by atoms with Crippen molar-refractivity contribution in [2.45, 2.75) is 0 Å². The van der Waals surface area contributed by atoms with Crippen LogP contribution in [0.25, 0.3) is 0 Å². The van der Waals surface area contributed by atoms with Gasteiger partial charge in [0.15, 0.2) is 0 Å². The molecule has 0 amide bonds. The van der Waals surface area contributed by atoms with E-state index in [1.807, 2.05) is 0 Å². The number of hydrogen-bond acceptors (Lipinski definition) is 14. The zero-order chi connectivity index (χ0) is 38.4. The minimum absolute atomic E-state index is 0.0778. The lowest BCUT2D eigenvalue weighted by molar-refractivity contribution is -0.161. The number of methoxy groups -OCH3 is 2. The molecule has 1 N–H and O–H groups in total. The Kier molecular flexibility index (Phi) is 25.6. The summed E-state index contributed by atoms with van der Waals surface area (Å²) in [6, 6.07) is 5.49. The lowest BCUT2D eigenvalue weighted by Crippen LogP contribution is -2.46. The van der Waals surface area contributed by atoms with Crippen LogP contribution in [0.5, 0.6) is 0 Å². The maximum atomic E-state index is 12.9. The van der Waals surface area contributed by atoms with Crippen molar-refractivity contribution in [1.29, 1.82) is 0 Å². The Morgan fingerprint density at radius 1 is 0.600 bits per heavy atom. The van der Waals surface area contributed by atoms with E-state index in [0.29, 0.717) is 12.6 Å². The molecule has 0 heterocycles. The highest BCUT2D eigenvalue weighted by Crippen LogP contribution is 2.26. The number of carboxylic acid groups (broad SMARTS) is 1. The normalized spacial score (nSPS) is 11.1. The van der Waals surface area contributed by atoms with Crippen LogP contribution in [-0.4, -0.2) is 115 Å². The number of aromatic carboxylic acids is 1. The lowest BCUT2D eigenvalue weighted by atomic mass is 9.90. The SMILES string of the molecule is C=CC(=O)OCC(COC)(COCC(COC)(COC(=O)C=C)COC(=O)c1ccccc1C(=O)O)COC(=O)C=C.C=CC=O.C=CC=O. The van der Waals surface area contributed by atoms with Crippen molar-refractivity contribution in [3.05, 3.63) is 98.7 Å². The van der Waals surface area contributed by atoms with E-state index in [0.717, 1.165) is 18.2 Å². The fourth-order valence-corrected chi connectivity index (χ4v) is 3.59. The first-order valence-corrected chi connectivity index (χ1v) is 14.4. The predicted octanol–water partition coefficient (Wildman–Crippen LogP) is 2.75. The summed E-state index contributed by atoms with van der Waals surface area (Å²) in [6.45, 7) is 14.2. The first-order chi connectivity index (χ1) is 23.8. The van der Waals surface area contributed by atoms with Crippen LogP contribution >= 0.6 is 0 Å². The second kappa shape index (κ2) is 27.4. The summed E-state index contributed by atoms with van der Waals surface area (Å²) >= 11 is 0. The molecular formula is C35H44O15. The van der Waals surface area contributed by atoms with Gasteiger partial charge in [-0.15, -0.1) is 0 Å².